The van der Waals surface area contributed by atoms with Gasteiger partial charge >= 0.3 is 0 Å². The van der Waals surface area contributed by atoms with Crippen molar-refractivity contribution in [2.24, 2.45) is 5.92 Å². The van der Waals surface area contributed by atoms with Crippen LogP contribution in [0.15, 0.2) is 12.1 Å². The van der Waals surface area contributed by atoms with E-state index in [4.69, 9.17) is 11.6 Å². The van der Waals surface area contributed by atoms with Gasteiger partial charge in [-0.05, 0) is 50.2 Å². The Morgan fingerprint density at radius 3 is 2.82 bits per heavy atom. The van der Waals surface area contributed by atoms with Gasteiger partial charge in [0.15, 0.2) is 0 Å². The molecule has 0 bridgehead atoms. The smallest absolute Gasteiger partial charge is 0.263 e. The molecule has 0 radical (unpaired) electrons. The molecule has 22 heavy (non-hydrogen) atoms. The average molecular weight is 341 g/mol. The average Bonchev–Trinajstić information content (AvgIpc) is 3.23. The largest absolute Gasteiger partial charge is 0.353 e. The number of rotatable bonds is 5. The molecule has 2 fully saturated rings. The lowest BCUT2D eigenvalue weighted by Gasteiger charge is -2.32. The number of carbonyl (C=O) groups excluding carboxylic acids is 2. The van der Waals surface area contributed by atoms with Crippen LogP contribution >= 0.6 is 22.9 Å². The zero-order chi connectivity index (χ0) is 15.5. The van der Waals surface area contributed by atoms with Crippen molar-refractivity contribution in [1.82, 2.24) is 10.2 Å². The van der Waals surface area contributed by atoms with Crippen LogP contribution in [-0.2, 0) is 4.79 Å². The molecule has 120 valence electrons. The third-order valence-corrected chi connectivity index (χ3v) is 5.53. The normalized spacial score (nSPS) is 21.7. The van der Waals surface area contributed by atoms with Crippen molar-refractivity contribution in [2.45, 2.75) is 44.6 Å². The number of nitrogens with one attached hydrogen (secondary N) is 1. The highest BCUT2D eigenvalue weighted by atomic mass is 35.5. The number of nitrogens with zero attached hydrogens (tertiary/aromatic N) is 1. The molecule has 6 heteroatoms. The minimum atomic E-state index is 0.0732. The molecule has 1 aliphatic carbocycles. The van der Waals surface area contributed by atoms with Gasteiger partial charge in [-0.3, -0.25) is 9.59 Å². The van der Waals surface area contributed by atoms with Gasteiger partial charge in [0.25, 0.3) is 5.91 Å². The molecule has 2 aliphatic rings. The fourth-order valence-electron chi connectivity index (χ4n) is 2.93. The zero-order valence-electron chi connectivity index (χ0n) is 12.5. The molecule has 2 amide bonds. The molecule has 1 N–H and O–H groups in total. The molecule has 3 rings (SSSR count). The molecule has 1 saturated heterocycles. The van der Waals surface area contributed by atoms with Gasteiger partial charge in [-0.1, -0.05) is 11.6 Å². The van der Waals surface area contributed by atoms with Crippen molar-refractivity contribution in [3.05, 3.63) is 21.3 Å². The van der Waals surface area contributed by atoms with Crippen molar-refractivity contribution < 1.29 is 9.59 Å². The maximum Gasteiger partial charge on any atom is 0.263 e. The van der Waals surface area contributed by atoms with Crippen LogP contribution in [0, 0.1) is 5.92 Å². The van der Waals surface area contributed by atoms with Crippen LogP contribution in [0.1, 0.15) is 48.2 Å². The zero-order valence-corrected chi connectivity index (χ0v) is 14.1. The lowest BCUT2D eigenvalue weighted by Crippen LogP contribution is -2.40. The van der Waals surface area contributed by atoms with Gasteiger partial charge in [0.1, 0.15) is 0 Å². The van der Waals surface area contributed by atoms with Crippen molar-refractivity contribution in [3.63, 3.8) is 0 Å². The van der Waals surface area contributed by atoms with Crippen molar-refractivity contribution in [3.8, 4) is 0 Å². The minimum Gasteiger partial charge on any atom is -0.353 e. The van der Waals surface area contributed by atoms with Crippen LogP contribution < -0.4 is 5.32 Å². The summed E-state index contributed by atoms with van der Waals surface area (Å²) in [5.74, 6) is 0.665. The van der Waals surface area contributed by atoms with E-state index in [0.717, 1.165) is 45.2 Å². The van der Waals surface area contributed by atoms with Crippen LogP contribution in [0.25, 0.3) is 0 Å². The summed E-state index contributed by atoms with van der Waals surface area (Å²) >= 11 is 7.24. The van der Waals surface area contributed by atoms with Gasteiger partial charge in [-0.15, -0.1) is 11.3 Å². The predicted octanol–water partition coefficient (Wildman–Crippen LogP) is 3.31. The second-order valence-corrected chi connectivity index (χ2v) is 7.96. The van der Waals surface area contributed by atoms with Crippen LogP contribution in [-0.4, -0.2) is 35.8 Å². The summed E-state index contributed by atoms with van der Waals surface area (Å²) in [6.07, 6.45) is 5.81. The van der Waals surface area contributed by atoms with Gasteiger partial charge in [0.2, 0.25) is 5.91 Å². The number of hydrogen-bond acceptors (Lipinski definition) is 3. The summed E-state index contributed by atoms with van der Waals surface area (Å²) in [5.41, 5.74) is 0. The molecule has 1 aromatic heterocycles. The van der Waals surface area contributed by atoms with Crippen molar-refractivity contribution in [2.75, 3.05) is 13.1 Å². The molecule has 1 atom stereocenters. The van der Waals surface area contributed by atoms with Gasteiger partial charge in [0.05, 0.1) is 9.21 Å². The predicted molar refractivity (Wildman–Crippen MR) is 88.4 cm³/mol. The summed E-state index contributed by atoms with van der Waals surface area (Å²) < 4.78 is 0.647. The van der Waals surface area contributed by atoms with E-state index in [1.54, 1.807) is 12.1 Å². The molecule has 1 aromatic rings. The molecule has 0 spiro atoms. The SMILES string of the molecule is O=C(CC[C@H]1CCCN(C(=O)c2ccc(Cl)s2)C1)NC1CC1. The summed E-state index contributed by atoms with van der Waals surface area (Å²) in [6.45, 7) is 1.56. The number of thiophene rings is 1. The highest BCUT2D eigenvalue weighted by Gasteiger charge is 2.27. The van der Waals surface area contributed by atoms with E-state index in [-0.39, 0.29) is 11.8 Å². The molecule has 0 aromatic carbocycles. The Hall–Kier alpha value is -1.07. The van der Waals surface area contributed by atoms with E-state index in [2.05, 4.69) is 5.32 Å². The first-order valence-electron chi connectivity index (χ1n) is 7.96. The fraction of sp³-hybridized carbons (Fsp3) is 0.625. The minimum absolute atomic E-state index is 0.0732. The second kappa shape index (κ2) is 7.01. The van der Waals surface area contributed by atoms with E-state index in [1.165, 1.54) is 11.3 Å². The Balaban J connectivity index is 1.48. The Morgan fingerprint density at radius 2 is 2.14 bits per heavy atom. The molecule has 2 heterocycles. The first-order chi connectivity index (χ1) is 10.6. The van der Waals surface area contributed by atoms with E-state index < -0.39 is 0 Å². The number of carbonyl (C=O) groups is 2. The third-order valence-electron chi connectivity index (χ3n) is 4.31. The van der Waals surface area contributed by atoms with Crippen LogP contribution in [0.3, 0.4) is 0 Å². The van der Waals surface area contributed by atoms with Crippen LogP contribution in [0.2, 0.25) is 4.34 Å². The maximum atomic E-state index is 12.4. The lowest BCUT2D eigenvalue weighted by molar-refractivity contribution is -0.121. The number of likely N-dealkylation sites (tertiary alicyclic amines) is 1. The van der Waals surface area contributed by atoms with E-state index >= 15 is 0 Å². The summed E-state index contributed by atoms with van der Waals surface area (Å²) in [7, 11) is 0. The maximum absolute atomic E-state index is 12.4. The van der Waals surface area contributed by atoms with E-state index in [0.29, 0.717) is 27.6 Å². The quantitative estimate of drug-likeness (QED) is 0.894. The number of piperidine rings is 1. The standard InChI is InChI=1S/C16H21ClN2O2S/c17-14-7-6-13(22-14)16(21)19-9-1-2-11(10-19)3-8-15(20)18-12-4-5-12/h6-7,11-12H,1-5,8-10H2,(H,18,20)/t11-/m1/s1. The third kappa shape index (κ3) is 4.23. The topological polar surface area (TPSA) is 49.4 Å². The molecule has 1 saturated carbocycles. The first-order valence-corrected chi connectivity index (χ1v) is 9.15. The summed E-state index contributed by atoms with van der Waals surface area (Å²) in [5, 5.41) is 3.02. The first kappa shape index (κ1) is 15.8. The molecular formula is C16H21ClN2O2S. The Morgan fingerprint density at radius 1 is 1.32 bits per heavy atom. The summed E-state index contributed by atoms with van der Waals surface area (Å²) in [4.78, 5) is 26.8. The summed E-state index contributed by atoms with van der Waals surface area (Å²) in [6, 6.07) is 3.99. The molecule has 4 nitrogen and oxygen atoms in total. The Kier molecular flexibility index (Phi) is 5.03. The lowest BCUT2D eigenvalue weighted by atomic mass is 9.93. The fourth-order valence-corrected chi connectivity index (χ4v) is 3.94. The van der Waals surface area contributed by atoms with Gasteiger partial charge in [-0.25, -0.2) is 0 Å². The number of halogens is 1. The Labute approximate surface area is 139 Å². The highest BCUT2D eigenvalue weighted by molar-refractivity contribution is 7.17. The second-order valence-electron chi connectivity index (χ2n) is 6.24. The van der Waals surface area contributed by atoms with Gasteiger partial charge < -0.3 is 10.2 Å². The van der Waals surface area contributed by atoms with E-state index in [1.807, 2.05) is 4.90 Å². The van der Waals surface area contributed by atoms with E-state index in [9.17, 15) is 9.59 Å². The molecule has 0 unspecified atom stereocenters. The van der Waals surface area contributed by atoms with Crippen molar-refractivity contribution in [1.29, 1.82) is 0 Å². The Bertz CT molecular complexity index is 556. The van der Waals surface area contributed by atoms with Gasteiger partial charge in [0, 0.05) is 25.6 Å². The highest BCUT2D eigenvalue weighted by Crippen LogP contribution is 2.27. The van der Waals surface area contributed by atoms with Crippen LogP contribution in [0.4, 0.5) is 0 Å². The molecular weight excluding hydrogens is 320 g/mol. The van der Waals surface area contributed by atoms with Gasteiger partial charge in [-0.2, -0.15) is 0 Å². The van der Waals surface area contributed by atoms with Crippen molar-refractivity contribution >= 4 is 34.8 Å². The monoisotopic (exact) mass is 340 g/mol. The van der Waals surface area contributed by atoms with Crippen LogP contribution in [0.5, 0.6) is 0 Å². The number of amides is 2. The molecule has 1 aliphatic heterocycles. The number of hydrogen-bond donors (Lipinski definition) is 1.